The van der Waals surface area contributed by atoms with Gasteiger partial charge in [-0.1, -0.05) is 6.07 Å². The molecule has 0 radical (unpaired) electrons. The lowest BCUT2D eigenvalue weighted by Crippen LogP contribution is -2.30. The number of thioether (sulfide) groups is 1. The molecule has 4 aromatic rings. The van der Waals surface area contributed by atoms with E-state index in [0.717, 1.165) is 29.2 Å². The fourth-order valence-corrected chi connectivity index (χ4v) is 3.29. The fourth-order valence-electron chi connectivity index (χ4n) is 2.82. The predicted molar refractivity (Wildman–Crippen MR) is 100 cm³/mol. The summed E-state index contributed by atoms with van der Waals surface area (Å²) >= 11 is 1.73. The lowest BCUT2D eigenvalue weighted by Gasteiger charge is -2.17. The summed E-state index contributed by atoms with van der Waals surface area (Å²) < 4.78 is 1.91. The number of fused-ring (bicyclic) bond motifs is 2. The van der Waals surface area contributed by atoms with E-state index in [4.69, 9.17) is 0 Å². The van der Waals surface area contributed by atoms with E-state index in [0.29, 0.717) is 11.1 Å². The zero-order chi connectivity index (χ0) is 17.9. The molecule has 132 valence electrons. The molecule has 1 atom stereocenters. The van der Waals surface area contributed by atoms with Crippen molar-refractivity contribution in [1.82, 2.24) is 35.3 Å². The Morgan fingerprint density at radius 1 is 1.23 bits per heavy atom. The molecule has 0 aliphatic heterocycles. The Bertz CT molecular complexity index is 1060. The van der Waals surface area contributed by atoms with Gasteiger partial charge in [0.15, 0.2) is 11.5 Å². The molecule has 0 bridgehead atoms. The quantitative estimate of drug-likeness (QED) is 0.542. The molecule has 4 rings (SSSR count). The third-order valence-electron chi connectivity index (χ3n) is 4.15. The van der Waals surface area contributed by atoms with Crippen LogP contribution in [0.15, 0.2) is 42.6 Å². The Hall–Kier alpha value is -2.94. The van der Waals surface area contributed by atoms with Gasteiger partial charge in [0.25, 0.3) is 5.91 Å². The van der Waals surface area contributed by atoms with Crippen molar-refractivity contribution in [2.45, 2.75) is 12.5 Å². The van der Waals surface area contributed by atoms with Crippen molar-refractivity contribution < 1.29 is 4.79 Å². The molecule has 2 N–H and O–H groups in total. The molecule has 26 heavy (non-hydrogen) atoms. The number of hydrogen-bond donors (Lipinski definition) is 2. The molecule has 8 nitrogen and oxygen atoms in total. The van der Waals surface area contributed by atoms with Gasteiger partial charge in [-0.2, -0.15) is 27.2 Å². The largest absolute Gasteiger partial charge is 0.342 e. The number of carbonyl (C=O) groups excluding carboxylic acids is 1. The van der Waals surface area contributed by atoms with Crippen molar-refractivity contribution in [3.05, 3.63) is 54.0 Å². The Labute approximate surface area is 153 Å². The van der Waals surface area contributed by atoms with E-state index in [1.165, 1.54) is 0 Å². The SMILES string of the molecule is CSCCC(NC(=O)c1ccc2n[nH]nc2c1)c1nnc2ccccn12. The predicted octanol–water partition coefficient (Wildman–Crippen LogP) is 2.22. The third kappa shape index (κ3) is 3.13. The van der Waals surface area contributed by atoms with E-state index in [9.17, 15) is 4.79 Å². The number of carbonyl (C=O) groups is 1. The summed E-state index contributed by atoms with van der Waals surface area (Å²) in [5.41, 5.74) is 2.68. The van der Waals surface area contributed by atoms with Gasteiger partial charge in [-0.05, 0) is 48.8 Å². The van der Waals surface area contributed by atoms with Crippen molar-refractivity contribution in [1.29, 1.82) is 0 Å². The lowest BCUT2D eigenvalue weighted by atomic mass is 10.1. The average molecular weight is 367 g/mol. The first kappa shape index (κ1) is 16.5. The molecular weight excluding hydrogens is 350 g/mol. The number of pyridine rings is 1. The standard InChI is InChI=1S/C17H17N7OS/c1-26-9-7-13(16-22-21-15-4-2-3-8-24(15)16)18-17(25)11-5-6-12-14(10-11)20-23-19-12/h2-6,8,10,13H,7,9H2,1H3,(H,18,25)(H,19,20,23). The van der Waals surface area contributed by atoms with Crippen molar-refractivity contribution in [2.24, 2.45) is 0 Å². The van der Waals surface area contributed by atoms with Crippen molar-refractivity contribution in [2.75, 3.05) is 12.0 Å². The molecule has 3 heterocycles. The number of nitrogens with one attached hydrogen (secondary N) is 2. The van der Waals surface area contributed by atoms with Crippen LogP contribution in [0.2, 0.25) is 0 Å². The van der Waals surface area contributed by atoms with Crippen LogP contribution in [0.4, 0.5) is 0 Å². The highest BCUT2D eigenvalue weighted by Crippen LogP contribution is 2.19. The highest BCUT2D eigenvalue weighted by molar-refractivity contribution is 7.98. The highest BCUT2D eigenvalue weighted by Gasteiger charge is 2.21. The molecule has 1 amide bonds. The van der Waals surface area contributed by atoms with Crippen LogP contribution >= 0.6 is 11.8 Å². The van der Waals surface area contributed by atoms with Gasteiger partial charge < -0.3 is 5.32 Å². The summed E-state index contributed by atoms with van der Waals surface area (Å²) in [5, 5.41) is 22.2. The second kappa shape index (κ2) is 7.12. The number of rotatable bonds is 6. The molecule has 9 heteroatoms. The topological polar surface area (TPSA) is 101 Å². The van der Waals surface area contributed by atoms with Crippen LogP contribution in [0.1, 0.15) is 28.6 Å². The molecule has 0 saturated heterocycles. The van der Waals surface area contributed by atoms with Crippen LogP contribution in [-0.4, -0.2) is 47.9 Å². The van der Waals surface area contributed by atoms with Gasteiger partial charge in [-0.3, -0.25) is 9.20 Å². The Kier molecular flexibility index (Phi) is 4.53. The minimum absolute atomic E-state index is 0.173. The zero-order valence-corrected chi connectivity index (χ0v) is 14.9. The van der Waals surface area contributed by atoms with Crippen LogP contribution in [0.3, 0.4) is 0 Å². The number of hydrogen-bond acceptors (Lipinski definition) is 6. The Morgan fingerprint density at radius 2 is 2.12 bits per heavy atom. The first-order valence-electron chi connectivity index (χ1n) is 8.16. The molecule has 0 saturated carbocycles. The maximum Gasteiger partial charge on any atom is 0.251 e. The Morgan fingerprint density at radius 3 is 3.00 bits per heavy atom. The Balaban J connectivity index is 1.63. The first-order chi connectivity index (χ1) is 12.8. The summed E-state index contributed by atoms with van der Waals surface area (Å²) in [5.74, 6) is 1.45. The van der Waals surface area contributed by atoms with Gasteiger partial charge in [0.1, 0.15) is 11.0 Å². The minimum atomic E-state index is -0.236. The number of nitrogens with zero attached hydrogens (tertiary/aromatic N) is 5. The maximum absolute atomic E-state index is 12.8. The molecule has 3 aromatic heterocycles. The number of benzene rings is 1. The van der Waals surface area contributed by atoms with E-state index in [-0.39, 0.29) is 11.9 Å². The second-order valence-corrected chi connectivity index (χ2v) is 6.81. The lowest BCUT2D eigenvalue weighted by molar-refractivity contribution is 0.0934. The van der Waals surface area contributed by atoms with Crippen LogP contribution in [0.5, 0.6) is 0 Å². The van der Waals surface area contributed by atoms with Crippen LogP contribution in [-0.2, 0) is 0 Å². The van der Waals surface area contributed by atoms with Gasteiger partial charge in [-0.25, -0.2) is 0 Å². The molecule has 0 aliphatic rings. The molecule has 0 fully saturated rings. The average Bonchev–Trinajstić information content (AvgIpc) is 3.31. The van der Waals surface area contributed by atoms with Crippen LogP contribution in [0, 0.1) is 0 Å². The maximum atomic E-state index is 12.8. The van der Waals surface area contributed by atoms with Gasteiger partial charge >= 0.3 is 0 Å². The zero-order valence-electron chi connectivity index (χ0n) is 14.1. The third-order valence-corrected chi connectivity index (χ3v) is 4.79. The van der Waals surface area contributed by atoms with Gasteiger partial charge in [0.2, 0.25) is 0 Å². The van der Waals surface area contributed by atoms with Crippen molar-refractivity contribution in [3.63, 3.8) is 0 Å². The molecular formula is C17H17N7OS. The highest BCUT2D eigenvalue weighted by atomic mass is 32.2. The summed E-state index contributed by atoms with van der Waals surface area (Å²) in [6, 6.07) is 10.7. The smallest absolute Gasteiger partial charge is 0.251 e. The van der Waals surface area contributed by atoms with Gasteiger partial charge in [0.05, 0.1) is 6.04 Å². The van der Waals surface area contributed by atoms with E-state index < -0.39 is 0 Å². The van der Waals surface area contributed by atoms with Gasteiger partial charge in [-0.15, -0.1) is 10.2 Å². The van der Waals surface area contributed by atoms with Crippen LogP contribution < -0.4 is 5.32 Å². The fraction of sp³-hybridized carbons (Fsp3) is 0.235. The minimum Gasteiger partial charge on any atom is -0.342 e. The summed E-state index contributed by atoms with van der Waals surface area (Å²) in [7, 11) is 0. The van der Waals surface area contributed by atoms with Crippen LogP contribution in [0.25, 0.3) is 16.7 Å². The number of aromatic amines is 1. The molecule has 1 aromatic carbocycles. The van der Waals surface area contributed by atoms with E-state index in [1.54, 1.807) is 30.0 Å². The van der Waals surface area contributed by atoms with E-state index >= 15 is 0 Å². The summed E-state index contributed by atoms with van der Waals surface area (Å²) in [4.78, 5) is 12.8. The van der Waals surface area contributed by atoms with Crippen molar-refractivity contribution >= 4 is 34.3 Å². The first-order valence-corrected chi connectivity index (χ1v) is 9.55. The number of amides is 1. The summed E-state index contributed by atoms with van der Waals surface area (Å²) in [6.45, 7) is 0. The van der Waals surface area contributed by atoms with E-state index in [2.05, 4.69) is 30.9 Å². The van der Waals surface area contributed by atoms with Gasteiger partial charge in [0, 0.05) is 11.8 Å². The number of H-pyrrole nitrogens is 1. The molecule has 0 aliphatic carbocycles. The summed E-state index contributed by atoms with van der Waals surface area (Å²) in [6.07, 6.45) is 4.71. The number of aromatic nitrogens is 6. The molecule has 1 unspecified atom stereocenters. The molecule has 0 spiro atoms. The van der Waals surface area contributed by atoms with E-state index in [1.807, 2.05) is 35.1 Å². The monoisotopic (exact) mass is 367 g/mol. The van der Waals surface area contributed by atoms with Crippen molar-refractivity contribution in [3.8, 4) is 0 Å². The normalized spacial score (nSPS) is 12.5. The second-order valence-electron chi connectivity index (χ2n) is 5.82.